The van der Waals surface area contributed by atoms with Crippen molar-refractivity contribution in [1.29, 1.82) is 0 Å². The van der Waals surface area contributed by atoms with E-state index in [2.05, 4.69) is 43.2 Å². The number of hydrogen-bond donors (Lipinski definition) is 1. The maximum atomic E-state index is 12.1. The van der Waals surface area contributed by atoms with E-state index in [1.807, 2.05) is 36.6 Å². The van der Waals surface area contributed by atoms with E-state index >= 15 is 0 Å². The molecule has 0 aliphatic carbocycles. The molecule has 0 radical (unpaired) electrons. The quantitative estimate of drug-likeness (QED) is 0.605. The van der Waals surface area contributed by atoms with Gasteiger partial charge in [-0.05, 0) is 50.5 Å². The standard InChI is InChI=1S/C22H22N2OS/c1-14-5-7-18(8-6-14)9-10-20(25)24-22-23-19(13-26-22)21-16(3)11-15(2)12-17(21)4/h5-13H,1-4H3,(H,23,24,25)/b10-9+. The second-order valence-electron chi connectivity index (χ2n) is 6.54. The van der Waals surface area contributed by atoms with E-state index in [0.29, 0.717) is 5.13 Å². The Morgan fingerprint density at radius 3 is 2.31 bits per heavy atom. The van der Waals surface area contributed by atoms with Gasteiger partial charge < -0.3 is 0 Å². The Hall–Kier alpha value is -2.72. The smallest absolute Gasteiger partial charge is 0.250 e. The number of thiazole rings is 1. The second-order valence-corrected chi connectivity index (χ2v) is 7.40. The number of nitrogens with one attached hydrogen (secondary N) is 1. The molecule has 3 nitrogen and oxygen atoms in total. The normalized spacial score (nSPS) is 11.1. The van der Waals surface area contributed by atoms with E-state index in [4.69, 9.17) is 0 Å². The second kappa shape index (κ2) is 7.67. The first-order valence-electron chi connectivity index (χ1n) is 8.52. The van der Waals surface area contributed by atoms with Crippen molar-refractivity contribution in [1.82, 2.24) is 4.98 Å². The van der Waals surface area contributed by atoms with E-state index in [-0.39, 0.29) is 5.91 Å². The molecular weight excluding hydrogens is 340 g/mol. The number of benzene rings is 2. The van der Waals surface area contributed by atoms with Crippen LogP contribution in [0, 0.1) is 27.7 Å². The highest BCUT2D eigenvalue weighted by atomic mass is 32.1. The van der Waals surface area contributed by atoms with Crippen LogP contribution < -0.4 is 5.32 Å². The molecule has 0 aliphatic heterocycles. The fourth-order valence-corrected chi connectivity index (χ4v) is 3.73. The van der Waals surface area contributed by atoms with Gasteiger partial charge in [0.05, 0.1) is 5.69 Å². The molecule has 26 heavy (non-hydrogen) atoms. The first-order chi connectivity index (χ1) is 12.4. The number of aryl methyl sites for hydroxylation is 4. The average molecular weight is 362 g/mol. The number of nitrogens with zero attached hydrogens (tertiary/aromatic N) is 1. The molecule has 2 aromatic carbocycles. The van der Waals surface area contributed by atoms with Gasteiger partial charge in [-0.15, -0.1) is 11.3 Å². The zero-order valence-corrected chi connectivity index (χ0v) is 16.3. The fourth-order valence-electron chi connectivity index (χ4n) is 3.03. The third-order valence-corrected chi connectivity index (χ3v) is 4.93. The fraction of sp³-hybridized carbons (Fsp3) is 0.182. The Labute approximate surface area is 158 Å². The molecule has 3 aromatic rings. The van der Waals surface area contributed by atoms with E-state index in [1.165, 1.54) is 39.7 Å². The maximum absolute atomic E-state index is 12.1. The summed E-state index contributed by atoms with van der Waals surface area (Å²) in [6.07, 6.45) is 3.34. The van der Waals surface area contributed by atoms with E-state index < -0.39 is 0 Å². The van der Waals surface area contributed by atoms with Crippen molar-refractivity contribution in [3.63, 3.8) is 0 Å². The van der Waals surface area contributed by atoms with Crippen molar-refractivity contribution in [2.24, 2.45) is 0 Å². The van der Waals surface area contributed by atoms with Crippen molar-refractivity contribution in [3.05, 3.63) is 75.7 Å². The summed E-state index contributed by atoms with van der Waals surface area (Å²) in [6.45, 7) is 8.32. The Balaban J connectivity index is 1.72. The minimum Gasteiger partial charge on any atom is -0.298 e. The van der Waals surface area contributed by atoms with Crippen molar-refractivity contribution < 1.29 is 4.79 Å². The molecule has 1 amide bonds. The minimum absolute atomic E-state index is 0.177. The maximum Gasteiger partial charge on any atom is 0.250 e. The molecule has 1 heterocycles. The molecule has 4 heteroatoms. The molecule has 0 bridgehead atoms. The lowest BCUT2D eigenvalue weighted by Crippen LogP contribution is -2.07. The molecule has 3 rings (SSSR count). The number of anilines is 1. The highest BCUT2D eigenvalue weighted by Crippen LogP contribution is 2.31. The Morgan fingerprint density at radius 2 is 1.65 bits per heavy atom. The van der Waals surface area contributed by atoms with Gasteiger partial charge in [0.1, 0.15) is 0 Å². The molecule has 1 N–H and O–H groups in total. The highest BCUT2D eigenvalue weighted by molar-refractivity contribution is 7.14. The summed E-state index contributed by atoms with van der Waals surface area (Å²) in [6, 6.07) is 12.3. The zero-order valence-electron chi connectivity index (χ0n) is 15.5. The van der Waals surface area contributed by atoms with Crippen LogP contribution in [0.15, 0.2) is 47.9 Å². The molecule has 0 aliphatic rings. The van der Waals surface area contributed by atoms with Crippen LogP contribution in [-0.4, -0.2) is 10.9 Å². The summed E-state index contributed by atoms with van der Waals surface area (Å²) < 4.78 is 0. The lowest BCUT2D eigenvalue weighted by molar-refractivity contribution is -0.111. The van der Waals surface area contributed by atoms with Crippen LogP contribution >= 0.6 is 11.3 Å². The third kappa shape index (κ3) is 4.27. The van der Waals surface area contributed by atoms with Crippen LogP contribution in [0.5, 0.6) is 0 Å². The number of rotatable bonds is 4. The lowest BCUT2D eigenvalue weighted by Gasteiger charge is -2.08. The van der Waals surface area contributed by atoms with Gasteiger partial charge in [-0.1, -0.05) is 47.5 Å². The predicted octanol–water partition coefficient (Wildman–Crippen LogP) is 5.70. The first-order valence-corrected chi connectivity index (χ1v) is 9.40. The van der Waals surface area contributed by atoms with Crippen LogP contribution in [0.3, 0.4) is 0 Å². The van der Waals surface area contributed by atoms with E-state index in [9.17, 15) is 4.79 Å². The largest absolute Gasteiger partial charge is 0.298 e. The number of carbonyl (C=O) groups excluding carboxylic acids is 1. The molecule has 0 saturated carbocycles. The summed E-state index contributed by atoms with van der Waals surface area (Å²) in [4.78, 5) is 16.7. The van der Waals surface area contributed by atoms with Gasteiger partial charge in [-0.2, -0.15) is 0 Å². The van der Waals surface area contributed by atoms with Crippen molar-refractivity contribution >= 4 is 28.5 Å². The van der Waals surface area contributed by atoms with Crippen molar-refractivity contribution in [2.75, 3.05) is 5.32 Å². The highest BCUT2D eigenvalue weighted by Gasteiger charge is 2.11. The lowest BCUT2D eigenvalue weighted by atomic mass is 9.98. The summed E-state index contributed by atoms with van der Waals surface area (Å²) in [5.74, 6) is -0.177. The summed E-state index contributed by atoms with van der Waals surface area (Å²) in [7, 11) is 0. The number of amides is 1. The average Bonchev–Trinajstić information content (AvgIpc) is 3.01. The van der Waals surface area contributed by atoms with Gasteiger partial charge >= 0.3 is 0 Å². The van der Waals surface area contributed by atoms with Gasteiger partial charge in [0.25, 0.3) is 0 Å². The van der Waals surface area contributed by atoms with Crippen LogP contribution in [0.4, 0.5) is 5.13 Å². The molecule has 0 fully saturated rings. The van der Waals surface area contributed by atoms with Crippen LogP contribution in [0.25, 0.3) is 17.3 Å². The van der Waals surface area contributed by atoms with Gasteiger partial charge in [0.15, 0.2) is 5.13 Å². The van der Waals surface area contributed by atoms with Crippen LogP contribution in [0.2, 0.25) is 0 Å². The molecule has 0 saturated heterocycles. The zero-order chi connectivity index (χ0) is 18.7. The monoisotopic (exact) mass is 362 g/mol. The van der Waals surface area contributed by atoms with Crippen molar-refractivity contribution in [3.8, 4) is 11.3 Å². The summed E-state index contributed by atoms with van der Waals surface area (Å²) in [5, 5.41) is 5.44. The Morgan fingerprint density at radius 1 is 1.00 bits per heavy atom. The predicted molar refractivity (Wildman–Crippen MR) is 111 cm³/mol. The topological polar surface area (TPSA) is 42.0 Å². The molecule has 0 atom stereocenters. The van der Waals surface area contributed by atoms with Gasteiger partial charge in [0.2, 0.25) is 5.91 Å². The van der Waals surface area contributed by atoms with Crippen LogP contribution in [-0.2, 0) is 4.79 Å². The molecule has 0 unspecified atom stereocenters. The number of hydrogen-bond acceptors (Lipinski definition) is 3. The van der Waals surface area contributed by atoms with Gasteiger partial charge in [-0.3, -0.25) is 10.1 Å². The summed E-state index contributed by atoms with van der Waals surface area (Å²) in [5.41, 5.74) is 7.88. The Kier molecular flexibility index (Phi) is 5.33. The third-order valence-electron chi connectivity index (χ3n) is 4.17. The van der Waals surface area contributed by atoms with Gasteiger partial charge in [-0.25, -0.2) is 4.98 Å². The first kappa shape index (κ1) is 18.1. The van der Waals surface area contributed by atoms with E-state index in [0.717, 1.165) is 16.8 Å². The van der Waals surface area contributed by atoms with Crippen LogP contribution in [0.1, 0.15) is 27.8 Å². The molecule has 0 spiro atoms. The molecular formula is C22H22N2OS. The Bertz CT molecular complexity index is 945. The SMILES string of the molecule is Cc1ccc(/C=C/C(=O)Nc2nc(-c3c(C)cc(C)cc3C)cs2)cc1. The number of carbonyl (C=O) groups is 1. The minimum atomic E-state index is -0.177. The number of aromatic nitrogens is 1. The van der Waals surface area contributed by atoms with Gasteiger partial charge in [0, 0.05) is 17.0 Å². The summed E-state index contributed by atoms with van der Waals surface area (Å²) >= 11 is 1.44. The van der Waals surface area contributed by atoms with Crippen molar-refractivity contribution in [2.45, 2.75) is 27.7 Å². The molecule has 1 aromatic heterocycles. The molecule has 132 valence electrons. The van der Waals surface area contributed by atoms with E-state index in [1.54, 1.807) is 6.08 Å².